The molecular weight excluding hydrogens is 781 g/mol. The predicted octanol–water partition coefficient (Wildman–Crippen LogP) is 12.3. The summed E-state index contributed by atoms with van der Waals surface area (Å²) in [6, 6.07) is 6.15. The van der Waals surface area contributed by atoms with Gasteiger partial charge < -0.3 is 24.4 Å². The summed E-state index contributed by atoms with van der Waals surface area (Å²) in [6.45, 7) is 24.6. The third kappa shape index (κ3) is 8.41. The van der Waals surface area contributed by atoms with Crippen LogP contribution in [0.5, 0.6) is 27.1 Å². The van der Waals surface area contributed by atoms with E-state index in [0.29, 0.717) is 21.9 Å². The van der Waals surface area contributed by atoms with E-state index in [1.54, 1.807) is 50.1 Å². The van der Waals surface area contributed by atoms with Crippen LogP contribution in [0.25, 0.3) is 40.9 Å². The third-order valence-corrected chi connectivity index (χ3v) is 14.4. The Bertz CT molecular complexity index is 2590. The lowest BCUT2D eigenvalue weighted by Crippen LogP contribution is -1.88. The molecule has 0 atom stereocenters. The number of fused-ring (bicyclic) bond motifs is 4. The summed E-state index contributed by atoms with van der Waals surface area (Å²) in [7, 11) is 4.86. The lowest BCUT2D eigenvalue weighted by Gasteiger charge is -2.07. The Morgan fingerprint density at radius 3 is 1.30 bits per heavy atom. The zero-order valence-corrected chi connectivity index (χ0v) is 38.0. The average molecular weight is 831 g/mol. The van der Waals surface area contributed by atoms with Gasteiger partial charge in [-0.15, -0.1) is 11.3 Å². The van der Waals surface area contributed by atoms with E-state index in [-0.39, 0.29) is 0 Å². The Morgan fingerprint density at radius 2 is 0.804 bits per heavy atom. The van der Waals surface area contributed by atoms with Gasteiger partial charge in [-0.3, -0.25) is 0 Å². The molecule has 0 unspecified atom stereocenters. The number of ether oxygens (including phenoxy) is 3. The van der Waals surface area contributed by atoms with Crippen LogP contribution in [0, 0.1) is 83.1 Å². The van der Waals surface area contributed by atoms with Gasteiger partial charge in [0.15, 0.2) is 0 Å². The Kier molecular flexibility index (Phi) is 13.1. The maximum Gasteiger partial charge on any atom is 0.274 e. The van der Waals surface area contributed by atoms with Crippen LogP contribution in [0.3, 0.4) is 0 Å². The molecule has 0 aliphatic rings. The molecule has 13 heteroatoms. The molecule has 0 fully saturated rings. The van der Waals surface area contributed by atoms with E-state index in [1.807, 2.05) is 34.6 Å². The first-order chi connectivity index (χ1) is 26.4. The molecule has 0 bridgehead atoms. The monoisotopic (exact) mass is 830 g/mol. The van der Waals surface area contributed by atoms with Gasteiger partial charge in [0.2, 0.25) is 0 Å². The number of benzene rings is 4. The second-order valence-corrected chi connectivity index (χ2v) is 17.9. The number of thiazole rings is 4. The van der Waals surface area contributed by atoms with Crippen LogP contribution in [0.2, 0.25) is 0 Å². The maximum absolute atomic E-state index is 9.91. The number of aromatic nitrogens is 4. The Hall–Kier alpha value is -4.56. The van der Waals surface area contributed by atoms with Gasteiger partial charge in [-0.2, -0.15) is 0 Å². The number of hydrogen-bond acceptors (Lipinski definition) is 13. The van der Waals surface area contributed by atoms with Gasteiger partial charge in [0.25, 0.3) is 15.6 Å². The lowest BCUT2D eigenvalue weighted by molar-refractivity contribution is 0.413. The van der Waals surface area contributed by atoms with Crippen LogP contribution in [0.4, 0.5) is 0 Å². The predicted molar refractivity (Wildman–Crippen MR) is 238 cm³/mol. The van der Waals surface area contributed by atoms with Gasteiger partial charge >= 0.3 is 0 Å². The zero-order chi connectivity index (χ0) is 41.3. The van der Waals surface area contributed by atoms with Crippen LogP contribution in [-0.2, 0) is 0 Å². The van der Waals surface area contributed by atoms with Crippen molar-refractivity contribution in [2.24, 2.45) is 0 Å². The van der Waals surface area contributed by atoms with Gasteiger partial charge in [-0.1, -0.05) is 34.0 Å². The molecule has 0 aliphatic heterocycles. The molecule has 0 saturated heterocycles. The molecule has 0 aliphatic carbocycles. The van der Waals surface area contributed by atoms with E-state index >= 15 is 0 Å². The van der Waals surface area contributed by atoms with Gasteiger partial charge in [-0.25, -0.2) is 19.9 Å². The second kappa shape index (κ2) is 17.3. The number of rotatable bonds is 3. The van der Waals surface area contributed by atoms with Gasteiger partial charge in [-0.05, 0) is 157 Å². The molecule has 4 aromatic carbocycles. The van der Waals surface area contributed by atoms with Crippen molar-refractivity contribution in [1.29, 1.82) is 0 Å². The molecule has 0 spiro atoms. The molecule has 296 valence electrons. The minimum Gasteiger partial charge on any atom is -0.508 e. The van der Waals surface area contributed by atoms with Gasteiger partial charge in [0, 0.05) is 5.56 Å². The number of methoxy groups -OCH3 is 3. The molecule has 2 N–H and O–H groups in total. The van der Waals surface area contributed by atoms with Gasteiger partial charge in [0.05, 0.1) is 67.2 Å². The number of phenolic OH excluding ortho intramolecular Hbond substituents is 2. The highest BCUT2D eigenvalue weighted by Crippen LogP contribution is 2.39. The molecule has 0 radical (unpaired) electrons. The number of nitrogens with zero attached hydrogens (tertiary/aromatic N) is 4. The van der Waals surface area contributed by atoms with E-state index in [2.05, 4.69) is 80.5 Å². The van der Waals surface area contributed by atoms with Crippen molar-refractivity contribution in [3.8, 4) is 27.1 Å². The fourth-order valence-corrected chi connectivity index (χ4v) is 9.88. The van der Waals surface area contributed by atoms with Crippen molar-refractivity contribution in [1.82, 2.24) is 19.9 Å². The van der Waals surface area contributed by atoms with E-state index in [1.165, 1.54) is 71.0 Å². The standard InChI is InChI=1S/C11H13NO2S.C11H13NOS.C11H13NS.C10H11NO2S/c1-5-6(2)9(13)7(3)10-8(5)12-11(14-4)15-10;1-6-5-9-10(8(3)7(6)2)12-11(13-4)14-9;1-6-5-10-11(8(3)7(6)2)12-9(4)13-10;1-5-6(2)9-8(4-7(5)12)14-10(11-9)13-3/h13H,1-4H3;5H,1-4H3;5H,1-4H3;4,12H,1-3H3. The zero-order valence-electron chi connectivity index (χ0n) is 34.8. The summed E-state index contributed by atoms with van der Waals surface area (Å²) in [5, 5.41) is 22.7. The van der Waals surface area contributed by atoms with Crippen LogP contribution >= 0.6 is 45.3 Å². The van der Waals surface area contributed by atoms with Crippen molar-refractivity contribution in [3.63, 3.8) is 0 Å². The molecule has 8 rings (SSSR count). The molecule has 56 heavy (non-hydrogen) atoms. The summed E-state index contributed by atoms with van der Waals surface area (Å²) in [5.41, 5.74) is 16.8. The van der Waals surface area contributed by atoms with E-state index in [9.17, 15) is 10.2 Å². The molecule has 0 saturated carbocycles. The summed E-state index contributed by atoms with van der Waals surface area (Å²) in [5.74, 6) is 0.688. The summed E-state index contributed by atoms with van der Waals surface area (Å²) in [4.78, 5) is 17.7. The Balaban J connectivity index is 0.000000143. The lowest BCUT2D eigenvalue weighted by atomic mass is 10.0. The fraction of sp³-hybridized carbons (Fsp3) is 0.349. The van der Waals surface area contributed by atoms with Crippen LogP contribution in [-0.4, -0.2) is 51.5 Å². The van der Waals surface area contributed by atoms with Crippen LogP contribution in [0.15, 0.2) is 18.2 Å². The van der Waals surface area contributed by atoms with E-state index in [4.69, 9.17) is 14.2 Å². The average Bonchev–Trinajstić information content (AvgIpc) is 3.99. The van der Waals surface area contributed by atoms with Crippen LogP contribution < -0.4 is 14.2 Å². The van der Waals surface area contributed by atoms with Crippen molar-refractivity contribution >= 4 is 86.2 Å². The second-order valence-electron chi connectivity index (χ2n) is 13.8. The topological polar surface area (TPSA) is 120 Å². The van der Waals surface area contributed by atoms with Gasteiger partial charge in [0.1, 0.15) is 11.5 Å². The van der Waals surface area contributed by atoms with Crippen LogP contribution in [0.1, 0.15) is 66.2 Å². The molecule has 8 aromatic rings. The summed E-state index contributed by atoms with van der Waals surface area (Å²) in [6.07, 6.45) is 0. The molecular formula is C43H50N4O5S4. The highest BCUT2D eigenvalue weighted by molar-refractivity contribution is 7.21. The van der Waals surface area contributed by atoms with E-state index < -0.39 is 0 Å². The Morgan fingerprint density at radius 1 is 0.411 bits per heavy atom. The highest BCUT2D eigenvalue weighted by Gasteiger charge is 2.16. The van der Waals surface area contributed by atoms with Crippen molar-refractivity contribution in [2.75, 3.05) is 21.3 Å². The SMILES string of the molecule is COc1nc2c(C)c(C)c(C)cc2s1.COc1nc2c(C)c(C)c(O)c(C)c2s1.COc1nc2c(C)c(C)c(O)cc2s1.Cc1nc2c(C)c(C)c(C)cc2s1. The molecule has 4 heterocycles. The molecule has 0 amide bonds. The quantitative estimate of drug-likeness (QED) is 0.179. The Labute approximate surface area is 344 Å². The summed E-state index contributed by atoms with van der Waals surface area (Å²) >= 11 is 6.29. The first-order valence-corrected chi connectivity index (χ1v) is 21.2. The minimum absolute atomic E-state index is 0.321. The van der Waals surface area contributed by atoms with E-state index in [0.717, 1.165) is 64.0 Å². The number of aromatic hydroxyl groups is 2. The molecule has 9 nitrogen and oxygen atoms in total. The number of aryl methyl sites for hydroxylation is 8. The number of phenols is 2. The smallest absolute Gasteiger partial charge is 0.274 e. The number of hydrogen-bond donors (Lipinski definition) is 2. The highest BCUT2D eigenvalue weighted by atomic mass is 32.1. The normalized spacial score (nSPS) is 10.9. The first-order valence-electron chi connectivity index (χ1n) is 17.9. The summed E-state index contributed by atoms with van der Waals surface area (Å²) < 4.78 is 19.8. The minimum atomic E-state index is 0.321. The largest absolute Gasteiger partial charge is 0.508 e. The van der Waals surface area contributed by atoms with Crippen molar-refractivity contribution in [2.45, 2.75) is 83.1 Å². The van der Waals surface area contributed by atoms with Crippen molar-refractivity contribution < 1.29 is 24.4 Å². The first kappa shape index (κ1) is 42.6. The fourth-order valence-electron chi connectivity index (χ4n) is 6.14. The maximum atomic E-state index is 9.91. The van der Waals surface area contributed by atoms with Crippen molar-refractivity contribution in [3.05, 3.63) is 84.4 Å². The molecule has 4 aromatic heterocycles. The third-order valence-electron chi connectivity index (χ3n) is 10.4.